The topological polar surface area (TPSA) is 46.9 Å². The number of nitrogens with zero attached hydrogens (tertiary/aromatic N) is 2. The Bertz CT molecular complexity index is 387. The first-order valence-corrected chi connectivity index (χ1v) is 6.69. The summed E-state index contributed by atoms with van der Waals surface area (Å²) < 4.78 is 1.92. The number of hydrogen-bond donors (Lipinski definition) is 1. The average molecular weight is 255 g/mol. The van der Waals surface area contributed by atoms with Gasteiger partial charge in [0.05, 0.1) is 5.25 Å². The molecule has 1 atom stereocenters. The fraction of sp³-hybridized carbons (Fsp3) is 0.667. The Morgan fingerprint density at radius 3 is 2.76 bits per heavy atom. The molecule has 1 heterocycles. The van der Waals surface area contributed by atoms with Crippen LogP contribution in [-0.2, 0) is 11.8 Å². The van der Waals surface area contributed by atoms with Gasteiger partial charge in [-0.25, -0.2) is 4.98 Å². The summed E-state index contributed by atoms with van der Waals surface area (Å²) in [6.45, 7) is 8.03. The van der Waals surface area contributed by atoms with Crippen LogP contribution in [-0.4, -0.2) is 26.2 Å². The second kappa shape index (κ2) is 5.58. The smallest absolute Gasteiger partial charge is 0.233 e. The molecule has 4 nitrogen and oxygen atoms in total. The van der Waals surface area contributed by atoms with Crippen molar-refractivity contribution in [2.24, 2.45) is 7.05 Å². The third-order valence-electron chi connectivity index (χ3n) is 2.77. The Kier molecular flexibility index (Phi) is 4.62. The van der Waals surface area contributed by atoms with Crippen LogP contribution in [0.5, 0.6) is 0 Å². The maximum absolute atomic E-state index is 12.0. The van der Waals surface area contributed by atoms with Crippen LogP contribution in [0.4, 0.5) is 0 Å². The molecule has 0 radical (unpaired) electrons. The molecule has 0 aliphatic heterocycles. The number of nitrogens with one attached hydrogen (secondary N) is 1. The largest absolute Gasteiger partial charge is 0.350 e. The van der Waals surface area contributed by atoms with E-state index in [0.717, 1.165) is 11.6 Å². The Labute approximate surface area is 107 Å². The van der Waals surface area contributed by atoms with Gasteiger partial charge in [-0.05, 0) is 27.2 Å². The number of carbonyl (C=O) groups is 1. The van der Waals surface area contributed by atoms with E-state index >= 15 is 0 Å². The summed E-state index contributed by atoms with van der Waals surface area (Å²) in [5.41, 5.74) is -0.145. The summed E-state index contributed by atoms with van der Waals surface area (Å²) in [6.07, 6.45) is 4.53. The van der Waals surface area contributed by atoms with Crippen molar-refractivity contribution >= 4 is 17.7 Å². The predicted molar refractivity (Wildman–Crippen MR) is 71.0 cm³/mol. The van der Waals surface area contributed by atoms with Crippen molar-refractivity contribution < 1.29 is 4.79 Å². The second-order valence-electron chi connectivity index (χ2n) is 4.81. The lowest BCUT2D eigenvalue weighted by Gasteiger charge is -2.26. The molecule has 0 saturated heterocycles. The van der Waals surface area contributed by atoms with Crippen LogP contribution in [0.3, 0.4) is 0 Å². The Morgan fingerprint density at radius 2 is 2.29 bits per heavy atom. The number of rotatable bonds is 5. The molecule has 0 fully saturated rings. The van der Waals surface area contributed by atoms with Gasteiger partial charge in [0.2, 0.25) is 5.91 Å². The minimum atomic E-state index is -0.145. The fourth-order valence-corrected chi connectivity index (χ4v) is 2.03. The number of imidazole rings is 1. The van der Waals surface area contributed by atoms with Gasteiger partial charge in [0.25, 0.3) is 0 Å². The van der Waals surface area contributed by atoms with E-state index < -0.39 is 0 Å². The number of thioether (sulfide) groups is 1. The first-order chi connectivity index (χ1) is 7.85. The number of amides is 1. The first-order valence-electron chi connectivity index (χ1n) is 5.81. The van der Waals surface area contributed by atoms with E-state index in [1.165, 1.54) is 11.8 Å². The summed E-state index contributed by atoms with van der Waals surface area (Å²) >= 11 is 1.48. The molecular weight excluding hydrogens is 234 g/mol. The number of aryl methyl sites for hydroxylation is 1. The van der Waals surface area contributed by atoms with Gasteiger partial charge in [0.15, 0.2) is 5.16 Å². The number of hydrogen-bond acceptors (Lipinski definition) is 3. The van der Waals surface area contributed by atoms with Gasteiger partial charge < -0.3 is 9.88 Å². The van der Waals surface area contributed by atoms with Gasteiger partial charge in [0, 0.05) is 25.0 Å². The summed E-state index contributed by atoms with van der Waals surface area (Å²) in [5.74, 6) is 0.0600. The van der Waals surface area contributed by atoms with Crippen LogP contribution in [0, 0.1) is 0 Å². The lowest BCUT2D eigenvalue weighted by molar-refractivity contribution is -0.121. The zero-order valence-corrected chi connectivity index (χ0v) is 12.0. The molecular formula is C12H21N3OS. The van der Waals surface area contributed by atoms with E-state index in [9.17, 15) is 4.79 Å². The number of aromatic nitrogens is 2. The molecule has 5 heteroatoms. The van der Waals surface area contributed by atoms with Crippen molar-refractivity contribution in [3.8, 4) is 0 Å². The van der Waals surface area contributed by atoms with E-state index in [0.29, 0.717) is 0 Å². The van der Waals surface area contributed by atoms with Crippen LogP contribution >= 0.6 is 11.8 Å². The summed E-state index contributed by atoms with van der Waals surface area (Å²) in [7, 11) is 1.93. The summed E-state index contributed by atoms with van der Waals surface area (Å²) in [6, 6.07) is 0. The molecule has 96 valence electrons. The summed E-state index contributed by atoms with van der Waals surface area (Å²) in [4.78, 5) is 16.2. The van der Waals surface area contributed by atoms with Crippen LogP contribution in [0.2, 0.25) is 0 Å². The van der Waals surface area contributed by atoms with Gasteiger partial charge in [-0.3, -0.25) is 4.79 Å². The van der Waals surface area contributed by atoms with Gasteiger partial charge in [-0.15, -0.1) is 0 Å². The van der Waals surface area contributed by atoms with Crippen molar-refractivity contribution in [3.63, 3.8) is 0 Å². The second-order valence-corrected chi connectivity index (χ2v) is 6.12. The van der Waals surface area contributed by atoms with Crippen molar-refractivity contribution in [1.82, 2.24) is 14.9 Å². The molecule has 1 N–H and O–H groups in total. The van der Waals surface area contributed by atoms with E-state index in [1.807, 2.05) is 38.6 Å². The van der Waals surface area contributed by atoms with E-state index in [4.69, 9.17) is 0 Å². The molecule has 0 bridgehead atoms. The zero-order chi connectivity index (χ0) is 13.1. The molecule has 0 aromatic carbocycles. The van der Waals surface area contributed by atoms with Gasteiger partial charge in [0.1, 0.15) is 0 Å². The standard InChI is InChI=1S/C12H21N3OS/c1-6-12(3,4)14-10(16)9(2)17-11-13-7-8-15(11)5/h7-9H,6H2,1-5H3,(H,14,16). The third kappa shape index (κ3) is 4.07. The van der Waals surface area contributed by atoms with Crippen molar-refractivity contribution in [1.29, 1.82) is 0 Å². The van der Waals surface area contributed by atoms with Gasteiger partial charge in [-0.2, -0.15) is 0 Å². The monoisotopic (exact) mass is 255 g/mol. The lowest BCUT2D eigenvalue weighted by Crippen LogP contribution is -2.46. The maximum Gasteiger partial charge on any atom is 0.233 e. The van der Waals surface area contributed by atoms with Gasteiger partial charge >= 0.3 is 0 Å². The fourth-order valence-electron chi connectivity index (χ4n) is 1.20. The van der Waals surface area contributed by atoms with E-state index in [1.54, 1.807) is 6.20 Å². The highest BCUT2D eigenvalue weighted by Gasteiger charge is 2.23. The molecule has 1 unspecified atom stereocenters. The maximum atomic E-state index is 12.0. The normalized spacial score (nSPS) is 13.5. The molecule has 17 heavy (non-hydrogen) atoms. The van der Waals surface area contributed by atoms with Crippen molar-refractivity contribution in [2.75, 3.05) is 0 Å². The molecule has 1 rings (SSSR count). The molecule has 0 saturated carbocycles. The Balaban J connectivity index is 2.56. The highest BCUT2D eigenvalue weighted by Crippen LogP contribution is 2.21. The minimum Gasteiger partial charge on any atom is -0.350 e. The highest BCUT2D eigenvalue weighted by molar-refractivity contribution is 8.00. The van der Waals surface area contributed by atoms with Gasteiger partial charge in [-0.1, -0.05) is 18.7 Å². The quantitative estimate of drug-likeness (QED) is 0.821. The molecule has 0 aliphatic rings. The molecule has 1 aromatic rings. The predicted octanol–water partition coefficient (Wildman–Crippen LogP) is 2.21. The average Bonchev–Trinajstić information content (AvgIpc) is 2.64. The van der Waals surface area contributed by atoms with Crippen molar-refractivity contribution in [2.45, 2.75) is 50.1 Å². The minimum absolute atomic E-state index is 0.0600. The molecule has 0 spiro atoms. The van der Waals surface area contributed by atoms with Crippen LogP contribution in [0.15, 0.2) is 17.6 Å². The first kappa shape index (κ1) is 14.1. The van der Waals surface area contributed by atoms with Crippen LogP contribution < -0.4 is 5.32 Å². The Morgan fingerprint density at radius 1 is 1.65 bits per heavy atom. The van der Waals surface area contributed by atoms with Crippen LogP contribution in [0.25, 0.3) is 0 Å². The Hall–Kier alpha value is -0.970. The molecule has 1 amide bonds. The lowest BCUT2D eigenvalue weighted by atomic mass is 10.0. The third-order valence-corrected chi connectivity index (χ3v) is 3.95. The van der Waals surface area contributed by atoms with Crippen LogP contribution in [0.1, 0.15) is 34.1 Å². The zero-order valence-electron chi connectivity index (χ0n) is 11.2. The van der Waals surface area contributed by atoms with E-state index in [2.05, 4.69) is 17.2 Å². The summed E-state index contributed by atoms with van der Waals surface area (Å²) in [5, 5.41) is 3.77. The number of carbonyl (C=O) groups excluding carboxylic acids is 1. The molecule has 0 aliphatic carbocycles. The van der Waals surface area contributed by atoms with E-state index in [-0.39, 0.29) is 16.7 Å². The molecule has 1 aromatic heterocycles. The van der Waals surface area contributed by atoms with Crippen molar-refractivity contribution in [3.05, 3.63) is 12.4 Å². The SMILES string of the molecule is CCC(C)(C)NC(=O)C(C)Sc1nccn1C. The highest BCUT2D eigenvalue weighted by atomic mass is 32.2.